The van der Waals surface area contributed by atoms with E-state index in [-0.39, 0.29) is 25.4 Å². The van der Waals surface area contributed by atoms with Crippen molar-refractivity contribution in [2.75, 3.05) is 13.1 Å². The van der Waals surface area contributed by atoms with Crippen LogP contribution < -0.4 is 10.6 Å². The largest absolute Gasteiger partial charge is 0.386 e. The van der Waals surface area contributed by atoms with Crippen molar-refractivity contribution < 1.29 is 23.5 Å². The molecule has 0 heterocycles. The van der Waals surface area contributed by atoms with E-state index in [4.69, 9.17) is 0 Å². The minimum Gasteiger partial charge on any atom is -0.386 e. The molecule has 0 saturated heterocycles. The smallest absolute Gasteiger partial charge is 0.239 e. The van der Waals surface area contributed by atoms with Crippen molar-refractivity contribution in [3.63, 3.8) is 0 Å². The van der Waals surface area contributed by atoms with Crippen LogP contribution in [0.3, 0.4) is 0 Å². The van der Waals surface area contributed by atoms with Gasteiger partial charge in [0.2, 0.25) is 11.8 Å². The summed E-state index contributed by atoms with van der Waals surface area (Å²) in [6.07, 6.45) is -1.25. The van der Waals surface area contributed by atoms with Crippen molar-refractivity contribution in [1.29, 1.82) is 0 Å². The molecule has 0 aromatic heterocycles. The second-order valence-electron chi connectivity index (χ2n) is 4.09. The number of nitrogens with one attached hydrogen (secondary N) is 2. The molecule has 0 aliphatic heterocycles. The van der Waals surface area contributed by atoms with Crippen molar-refractivity contribution in [2.45, 2.75) is 19.4 Å². The standard InChI is InChI=1S/C13H16F2N2O3/c1-2-11(19)17-7-12(20)16-6-10(18)13-8(14)4-3-5-9(13)15/h3-5,10,18H,2,6-7H2,1H3,(H,16,20)(H,17,19). The van der Waals surface area contributed by atoms with Gasteiger partial charge in [-0.3, -0.25) is 9.59 Å². The number of hydrogen-bond donors (Lipinski definition) is 3. The molecule has 7 heteroatoms. The van der Waals surface area contributed by atoms with E-state index in [2.05, 4.69) is 10.6 Å². The summed E-state index contributed by atoms with van der Waals surface area (Å²) < 4.78 is 26.7. The van der Waals surface area contributed by atoms with Crippen molar-refractivity contribution in [2.24, 2.45) is 0 Å². The average Bonchev–Trinajstić information content (AvgIpc) is 2.42. The minimum absolute atomic E-state index is 0.246. The summed E-state index contributed by atoms with van der Waals surface area (Å²) in [6, 6.07) is 3.22. The highest BCUT2D eigenvalue weighted by Gasteiger charge is 2.18. The van der Waals surface area contributed by atoms with Crippen molar-refractivity contribution in [3.8, 4) is 0 Å². The topological polar surface area (TPSA) is 78.4 Å². The van der Waals surface area contributed by atoms with Gasteiger partial charge in [-0.05, 0) is 12.1 Å². The second-order valence-corrected chi connectivity index (χ2v) is 4.09. The van der Waals surface area contributed by atoms with E-state index in [0.29, 0.717) is 0 Å². The Hall–Kier alpha value is -2.02. The number of rotatable bonds is 6. The lowest BCUT2D eigenvalue weighted by Crippen LogP contribution is -2.38. The molecule has 1 aromatic rings. The van der Waals surface area contributed by atoms with Gasteiger partial charge in [0, 0.05) is 13.0 Å². The summed E-state index contributed by atoms with van der Waals surface area (Å²) in [5.74, 6) is -2.61. The van der Waals surface area contributed by atoms with E-state index in [1.54, 1.807) is 6.92 Å². The molecule has 1 aromatic carbocycles. The third-order valence-electron chi connectivity index (χ3n) is 2.59. The molecule has 0 aliphatic rings. The SMILES string of the molecule is CCC(=O)NCC(=O)NCC(O)c1c(F)cccc1F. The van der Waals surface area contributed by atoms with Crippen LogP contribution in [0.5, 0.6) is 0 Å². The molecule has 0 spiro atoms. The predicted molar refractivity (Wildman–Crippen MR) is 67.6 cm³/mol. The predicted octanol–water partition coefficient (Wildman–Crippen LogP) is 0.641. The van der Waals surface area contributed by atoms with Crippen molar-refractivity contribution in [1.82, 2.24) is 10.6 Å². The molecule has 0 fully saturated rings. The lowest BCUT2D eigenvalue weighted by Gasteiger charge is -2.14. The first-order chi connectivity index (χ1) is 9.45. The van der Waals surface area contributed by atoms with E-state index >= 15 is 0 Å². The quantitative estimate of drug-likeness (QED) is 0.718. The normalized spacial score (nSPS) is 11.8. The third kappa shape index (κ3) is 4.58. The molecule has 2 amide bonds. The first-order valence-corrected chi connectivity index (χ1v) is 6.11. The molecular formula is C13H16F2N2O3. The Morgan fingerprint density at radius 3 is 2.35 bits per heavy atom. The maximum atomic E-state index is 13.4. The van der Waals surface area contributed by atoms with Crippen LogP contribution in [0.2, 0.25) is 0 Å². The van der Waals surface area contributed by atoms with Gasteiger partial charge in [0.25, 0.3) is 0 Å². The Morgan fingerprint density at radius 2 is 1.80 bits per heavy atom. The summed E-state index contributed by atoms with van der Waals surface area (Å²) >= 11 is 0. The summed E-state index contributed by atoms with van der Waals surface area (Å²) in [6.45, 7) is 1.04. The fraction of sp³-hybridized carbons (Fsp3) is 0.385. The highest BCUT2D eigenvalue weighted by Crippen LogP contribution is 2.19. The zero-order valence-electron chi connectivity index (χ0n) is 11.0. The summed E-state index contributed by atoms with van der Waals surface area (Å²) in [4.78, 5) is 22.3. The maximum Gasteiger partial charge on any atom is 0.239 e. The molecule has 110 valence electrons. The number of amides is 2. The zero-order valence-corrected chi connectivity index (χ0v) is 11.0. The summed E-state index contributed by atoms with van der Waals surface area (Å²) in [7, 11) is 0. The van der Waals surface area contributed by atoms with Gasteiger partial charge in [0.1, 0.15) is 17.7 Å². The van der Waals surface area contributed by atoms with Crippen LogP contribution >= 0.6 is 0 Å². The first kappa shape index (κ1) is 16.0. The average molecular weight is 286 g/mol. The fourth-order valence-corrected chi connectivity index (χ4v) is 1.51. The Labute approximate surface area is 115 Å². The number of carbonyl (C=O) groups is 2. The monoisotopic (exact) mass is 286 g/mol. The van der Waals surface area contributed by atoms with Gasteiger partial charge in [-0.2, -0.15) is 0 Å². The molecule has 0 saturated carbocycles. The number of aliphatic hydroxyl groups is 1. The van der Waals surface area contributed by atoms with E-state index in [0.717, 1.165) is 12.1 Å². The van der Waals surface area contributed by atoms with Gasteiger partial charge in [0.15, 0.2) is 0 Å². The van der Waals surface area contributed by atoms with Gasteiger partial charge >= 0.3 is 0 Å². The Balaban J connectivity index is 2.49. The van der Waals surface area contributed by atoms with E-state index in [1.165, 1.54) is 6.07 Å². The number of carbonyl (C=O) groups excluding carboxylic acids is 2. The van der Waals surface area contributed by atoms with Crippen molar-refractivity contribution >= 4 is 11.8 Å². The molecule has 0 bridgehead atoms. The number of benzene rings is 1. The highest BCUT2D eigenvalue weighted by atomic mass is 19.1. The van der Waals surface area contributed by atoms with Gasteiger partial charge in [-0.15, -0.1) is 0 Å². The van der Waals surface area contributed by atoms with Gasteiger partial charge in [0.05, 0.1) is 12.1 Å². The summed E-state index contributed by atoms with van der Waals surface area (Å²) in [5.41, 5.74) is -0.495. The molecule has 5 nitrogen and oxygen atoms in total. The molecule has 0 aliphatic carbocycles. The summed E-state index contributed by atoms with van der Waals surface area (Å²) in [5, 5.41) is 14.3. The van der Waals surface area contributed by atoms with Crippen LogP contribution in [0.15, 0.2) is 18.2 Å². The molecule has 0 radical (unpaired) electrons. The molecule has 3 N–H and O–H groups in total. The van der Waals surface area contributed by atoms with Gasteiger partial charge in [-0.25, -0.2) is 8.78 Å². The van der Waals surface area contributed by atoms with E-state index in [1.807, 2.05) is 0 Å². The Bertz CT molecular complexity index is 474. The molecule has 20 heavy (non-hydrogen) atoms. The Morgan fingerprint density at radius 1 is 1.20 bits per heavy atom. The second kappa shape index (κ2) is 7.54. The van der Waals surface area contributed by atoms with Crippen LogP contribution in [-0.4, -0.2) is 30.0 Å². The van der Waals surface area contributed by atoms with Crippen LogP contribution in [0.4, 0.5) is 8.78 Å². The van der Waals surface area contributed by atoms with E-state index in [9.17, 15) is 23.5 Å². The molecule has 1 rings (SSSR count). The number of halogens is 2. The number of aliphatic hydroxyl groups excluding tert-OH is 1. The van der Waals surface area contributed by atoms with Crippen LogP contribution in [0.25, 0.3) is 0 Å². The lowest BCUT2D eigenvalue weighted by atomic mass is 10.1. The minimum atomic E-state index is -1.50. The molecular weight excluding hydrogens is 270 g/mol. The van der Waals surface area contributed by atoms with Crippen molar-refractivity contribution in [3.05, 3.63) is 35.4 Å². The van der Waals surface area contributed by atoms with Crippen LogP contribution in [0, 0.1) is 11.6 Å². The third-order valence-corrected chi connectivity index (χ3v) is 2.59. The van der Waals surface area contributed by atoms with Gasteiger partial charge in [-0.1, -0.05) is 13.0 Å². The number of hydrogen-bond acceptors (Lipinski definition) is 3. The van der Waals surface area contributed by atoms with Gasteiger partial charge < -0.3 is 15.7 Å². The fourth-order valence-electron chi connectivity index (χ4n) is 1.51. The lowest BCUT2D eigenvalue weighted by molar-refractivity contribution is -0.126. The zero-order chi connectivity index (χ0) is 15.1. The Kier molecular flexibility index (Phi) is 6.05. The highest BCUT2D eigenvalue weighted by molar-refractivity contribution is 5.84. The van der Waals surface area contributed by atoms with Crippen LogP contribution in [0.1, 0.15) is 25.0 Å². The van der Waals surface area contributed by atoms with Crippen LogP contribution in [-0.2, 0) is 9.59 Å². The van der Waals surface area contributed by atoms with E-state index < -0.39 is 29.2 Å². The maximum absolute atomic E-state index is 13.4. The first-order valence-electron chi connectivity index (χ1n) is 6.11. The molecule has 1 atom stereocenters. The molecule has 1 unspecified atom stereocenters.